The first kappa shape index (κ1) is 18.8. The van der Waals surface area contributed by atoms with Crippen molar-refractivity contribution in [2.75, 3.05) is 6.54 Å². The lowest BCUT2D eigenvalue weighted by atomic mass is 10.3. The molecule has 4 heterocycles. The summed E-state index contributed by atoms with van der Waals surface area (Å²) >= 11 is 1.32. The quantitative estimate of drug-likeness (QED) is 0.522. The van der Waals surface area contributed by atoms with Crippen LogP contribution >= 0.6 is 11.3 Å². The molecule has 1 amide bonds. The Labute approximate surface area is 170 Å². The number of hydrogen-bond acceptors (Lipinski definition) is 6. The number of aryl methyl sites for hydroxylation is 1. The largest absolute Gasteiger partial charge is 0.349 e. The number of aromatic nitrogens is 6. The molecule has 10 heteroatoms. The van der Waals surface area contributed by atoms with Crippen molar-refractivity contribution in [1.29, 1.82) is 0 Å². The van der Waals surface area contributed by atoms with E-state index in [4.69, 9.17) is 0 Å². The van der Waals surface area contributed by atoms with E-state index in [9.17, 15) is 9.59 Å². The van der Waals surface area contributed by atoms with E-state index in [0.717, 1.165) is 5.13 Å². The van der Waals surface area contributed by atoms with E-state index in [1.807, 2.05) is 35.2 Å². The monoisotopic (exact) mass is 409 g/mol. The molecule has 4 aromatic rings. The van der Waals surface area contributed by atoms with Gasteiger partial charge in [0.05, 0.1) is 12.2 Å². The molecule has 0 radical (unpaired) electrons. The van der Waals surface area contributed by atoms with Crippen molar-refractivity contribution >= 4 is 17.2 Å². The maximum atomic E-state index is 12.5. The van der Waals surface area contributed by atoms with Gasteiger partial charge >= 0.3 is 5.69 Å². The van der Waals surface area contributed by atoms with Crippen LogP contribution in [0.3, 0.4) is 0 Å². The number of nitrogens with one attached hydrogen (secondary N) is 1. The minimum absolute atomic E-state index is 0.215. The number of hydrogen-bond donors (Lipinski definition) is 1. The van der Waals surface area contributed by atoms with Gasteiger partial charge in [-0.2, -0.15) is 0 Å². The fraction of sp³-hybridized carbons (Fsp3) is 0.211. The predicted molar refractivity (Wildman–Crippen MR) is 109 cm³/mol. The van der Waals surface area contributed by atoms with Crippen molar-refractivity contribution in [3.05, 3.63) is 70.0 Å². The molecule has 0 fully saturated rings. The van der Waals surface area contributed by atoms with Gasteiger partial charge in [0, 0.05) is 32.2 Å². The van der Waals surface area contributed by atoms with Crippen molar-refractivity contribution < 1.29 is 4.79 Å². The smallest absolute Gasteiger partial charge is 0.346 e. The van der Waals surface area contributed by atoms with Gasteiger partial charge in [-0.15, -0.1) is 5.10 Å². The van der Waals surface area contributed by atoms with Crippen molar-refractivity contribution in [2.45, 2.75) is 13.5 Å². The molecule has 0 atom stereocenters. The Balaban J connectivity index is 1.43. The average Bonchev–Trinajstić information content (AvgIpc) is 3.45. The molecular weight excluding hydrogens is 390 g/mol. The SMILES string of the molecule is Cc1nc(-n2cccc2)sc1C(=O)NCCn1nc(-c2ccccn2)n(C)c1=O. The Kier molecular flexibility index (Phi) is 5.09. The van der Waals surface area contributed by atoms with Crippen LogP contribution in [0.5, 0.6) is 0 Å². The van der Waals surface area contributed by atoms with Crippen molar-refractivity contribution in [3.63, 3.8) is 0 Å². The maximum absolute atomic E-state index is 12.5. The zero-order valence-electron chi connectivity index (χ0n) is 15.9. The molecule has 0 aliphatic carbocycles. The van der Waals surface area contributed by atoms with Gasteiger partial charge in [-0.1, -0.05) is 17.4 Å². The van der Waals surface area contributed by atoms with E-state index in [2.05, 4.69) is 20.4 Å². The normalized spacial score (nSPS) is 11.0. The van der Waals surface area contributed by atoms with Gasteiger partial charge in [0.25, 0.3) is 5.91 Å². The molecule has 0 saturated carbocycles. The molecule has 9 nitrogen and oxygen atoms in total. The molecule has 29 heavy (non-hydrogen) atoms. The average molecular weight is 409 g/mol. The van der Waals surface area contributed by atoms with E-state index in [1.54, 1.807) is 32.3 Å². The van der Waals surface area contributed by atoms with Gasteiger partial charge in [0.2, 0.25) is 0 Å². The van der Waals surface area contributed by atoms with Gasteiger partial charge in [0.1, 0.15) is 10.6 Å². The lowest BCUT2D eigenvalue weighted by molar-refractivity contribution is 0.0955. The summed E-state index contributed by atoms with van der Waals surface area (Å²) in [7, 11) is 1.65. The molecule has 0 bridgehead atoms. The first-order valence-electron chi connectivity index (χ1n) is 8.99. The Morgan fingerprint density at radius 2 is 2.00 bits per heavy atom. The van der Waals surface area contributed by atoms with Crippen LogP contribution in [0.2, 0.25) is 0 Å². The summed E-state index contributed by atoms with van der Waals surface area (Å²) in [5.74, 6) is 0.268. The Morgan fingerprint density at radius 3 is 2.72 bits per heavy atom. The Morgan fingerprint density at radius 1 is 1.21 bits per heavy atom. The first-order chi connectivity index (χ1) is 14.0. The van der Waals surface area contributed by atoms with Crippen molar-refractivity contribution in [1.82, 2.24) is 34.2 Å². The van der Waals surface area contributed by atoms with E-state index in [0.29, 0.717) is 22.1 Å². The number of thiazole rings is 1. The summed E-state index contributed by atoms with van der Waals surface area (Å²) in [6.45, 7) is 2.34. The summed E-state index contributed by atoms with van der Waals surface area (Å²) in [6.07, 6.45) is 5.41. The number of rotatable bonds is 6. The number of amides is 1. The summed E-state index contributed by atoms with van der Waals surface area (Å²) in [4.78, 5) is 34.2. The van der Waals surface area contributed by atoms with Gasteiger partial charge < -0.3 is 9.88 Å². The first-order valence-corrected chi connectivity index (χ1v) is 9.80. The second-order valence-corrected chi connectivity index (χ2v) is 7.34. The Hall–Kier alpha value is -3.53. The highest BCUT2D eigenvalue weighted by molar-refractivity contribution is 7.16. The fourth-order valence-corrected chi connectivity index (χ4v) is 3.82. The summed E-state index contributed by atoms with van der Waals surface area (Å²) < 4.78 is 4.64. The zero-order valence-corrected chi connectivity index (χ0v) is 16.8. The van der Waals surface area contributed by atoms with Crippen molar-refractivity contribution in [2.24, 2.45) is 7.05 Å². The molecule has 0 unspecified atom stereocenters. The molecule has 4 aromatic heterocycles. The number of carbonyl (C=O) groups excluding carboxylic acids is 1. The number of nitrogens with zero attached hydrogens (tertiary/aromatic N) is 6. The third-order valence-electron chi connectivity index (χ3n) is 4.36. The van der Waals surface area contributed by atoms with Crippen LogP contribution in [-0.2, 0) is 13.6 Å². The van der Waals surface area contributed by atoms with E-state index >= 15 is 0 Å². The molecule has 4 rings (SSSR count). The zero-order chi connectivity index (χ0) is 20.4. The van der Waals surface area contributed by atoms with E-state index in [1.165, 1.54) is 20.6 Å². The second kappa shape index (κ2) is 7.84. The topological polar surface area (TPSA) is 99.6 Å². The van der Waals surface area contributed by atoms with E-state index in [-0.39, 0.29) is 24.7 Å². The van der Waals surface area contributed by atoms with E-state index < -0.39 is 0 Å². The van der Waals surface area contributed by atoms with Crippen LogP contribution < -0.4 is 11.0 Å². The standard InChI is InChI=1S/C19H19N7O2S/c1-13-15(29-18(22-13)25-10-5-6-11-25)17(27)21-9-12-26-19(28)24(2)16(23-26)14-7-3-4-8-20-14/h3-8,10-11H,9,12H2,1-2H3,(H,21,27). The second-order valence-electron chi connectivity index (χ2n) is 6.36. The van der Waals surface area contributed by atoms with Crippen molar-refractivity contribution in [3.8, 4) is 16.6 Å². The van der Waals surface area contributed by atoms with Crippen LogP contribution in [0.4, 0.5) is 0 Å². The maximum Gasteiger partial charge on any atom is 0.346 e. The molecular formula is C19H19N7O2S. The highest BCUT2D eigenvalue weighted by Gasteiger charge is 2.17. The lowest BCUT2D eigenvalue weighted by Gasteiger charge is -2.03. The van der Waals surface area contributed by atoms with Gasteiger partial charge in [-0.25, -0.2) is 14.5 Å². The fourth-order valence-electron chi connectivity index (χ4n) is 2.87. The number of pyridine rings is 1. The highest BCUT2D eigenvalue weighted by atomic mass is 32.1. The van der Waals surface area contributed by atoms with Crippen LogP contribution in [0, 0.1) is 6.92 Å². The predicted octanol–water partition coefficient (Wildman–Crippen LogP) is 1.63. The summed E-state index contributed by atoms with van der Waals surface area (Å²) in [5, 5.41) is 7.92. The molecule has 0 spiro atoms. The van der Waals surface area contributed by atoms with Crippen LogP contribution in [-0.4, -0.2) is 41.3 Å². The molecule has 0 saturated heterocycles. The molecule has 0 aromatic carbocycles. The Bertz CT molecular complexity index is 1190. The molecule has 1 N–H and O–H groups in total. The summed E-state index contributed by atoms with van der Waals surface area (Å²) in [6, 6.07) is 9.24. The van der Waals surface area contributed by atoms with Gasteiger partial charge in [0.15, 0.2) is 11.0 Å². The molecule has 0 aliphatic heterocycles. The van der Waals surface area contributed by atoms with Crippen LogP contribution in [0.1, 0.15) is 15.4 Å². The molecule has 0 aliphatic rings. The summed E-state index contributed by atoms with van der Waals surface area (Å²) in [5.41, 5.74) is 1.03. The lowest BCUT2D eigenvalue weighted by Crippen LogP contribution is -2.31. The van der Waals surface area contributed by atoms with Gasteiger partial charge in [-0.3, -0.25) is 14.3 Å². The third kappa shape index (κ3) is 3.74. The minimum Gasteiger partial charge on any atom is -0.349 e. The van der Waals surface area contributed by atoms with Crippen LogP contribution in [0.25, 0.3) is 16.6 Å². The van der Waals surface area contributed by atoms with Gasteiger partial charge in [-0.05, 0) is 31.2 Å². The van der Waals surface area contributed by atoms with Crippen LogP contribution in [0.15, 0.2) is 53.7 Å². The molecule has 148 valence electrons. The highest BCUT2D eigenvalue weighted by Crippen LogP contribution is 2.21. The minimum atomic E-state index is -0.260. The third-order valence-corrected chi connectivity index (χ3v) is 5.53. The number of carbonyl (C=O) groups is 1.